The average molecular weight is 402 g/mol. The van der Waals surface area contributed by atoms with E-state index >= 15 is 0 Å². The number of fused-ring (bicyclic) bond motifs is 1. The van der Waals surface area contributed by atoms with Crippen molar-refractivity contribution in [3.8, 4) is 11.4 Å². The highest BCUT2D eigenvalue weighted by molar-refractivity contribution is 5.94. The number of nitrogens with zero attached hydrogens (tertiary/aromatic N) is 2. The summed E-state index contributed by atoms with van der Waals surface area (Å²) in [5.74, 6) is 0.306. The van der Waals surface area contributed by atoms with Crippen LogP contribution in [0.3, 0.4) is 0 Å². The lowest BCUT2D eigenvalue weighted by Crippen LogP contribution is -2.45. The number of alkyl halides is 3. The maximum atomic E-state index is 12.9. The Morgan fingerprint density at radius 3 is 2.55 bits per heavy atom. The van der Waals surface area contributed by atoms with E-state index in [1.807, 2.05) is 11.9 Å². The van der Waals surface area contributed by atoms with E-state index in [4.69, 9.17) is 0 Å². The first-order valence-electron chi connectivity index (χ1n) is 9.55. The van der Waals surface area contributed by atoms with Crippen molar-refractivity contribution in [3.05, 3.63) is 53.1 Å². The molecule has 29 heavy (non-hydrogen) atoms. The fraction of sp³-hybridized carbons (Fsp3) is 0.333. The Balaban J connectivity index is 1.58. The topological polar surface area (TPSA) is 61.0 Å². The van der Waals surface area contributed by atoms with Crippen molar-refractivity contribution in [1.29, 1.82) is 0 Å². The van der Waals surface area contributed by atoms with E-state index in [-0.39, 0.29) is 5.91 Å². The maximum Gasteiger partial charge on any atom is 0.416 e. The fourth-order valence-electron chi connectivity index (χ4n) is 3.60. The highest BCUT2D eigenvalue weighted by Gasteiger charge is 2.30. The lowest BCUT2D eigenvalue weighted by Gasteiger charge is -2.26. The number of aromatic amines is 1. The number of hydrazine groups is 1. The molecule has 0 bridgehead atoms. The summed E-state index contributed by atoms with van der Waals surface area (Å²) < 4.78 is 38.8. The third-order valence-electron chi connectivity index (χ3n) is 5.17. The number of benzene rings is 2. The van der Waals surface area contributed by atoms with Crippen LogP contribution in [0.2, 0.25) is 0 Å². The van der Waals surface area contributed by atoms with Crippen LogP contribution in [0.4, 0.5) is 13.2 Å². The minimum atomic E-state index is -4.40. The van der Waals surface area contributed by atoms with E-state index in [1.54, 1.807) is 18.2 Å². The van der Waals surface area contributed by atoms with Gasteiger partial charge in [-0.2, -0.15) is 13.2 Å². The lowest BCUT2D eigenvalue weighted by atomic mass is 10.0. The molecule has 0 saturated carbocycles. The van der Waals surface area contributed by atoms with Crippen molar-refractivity contribution in [1.82, 2.24) is 20.4 Å². The number of H-pyrrole nitrogens is 1. The van der Waals surface area contributed by atoms with Gasteiger partial charge in [0.05, 0.1) is 16.6 Å². The zero-order valence-electron chi connectivity index (χ0n) is 15.9. The molecule has 1 aromatic heterocycles. The number of nitrogens with one attached hydrogen (secondary N) is 2. The Hall–Kier alpha value is -2.87. The smallest absolute Gasteiger partial charge is 0.338 e. The summed E-state index contributed by atoms with van der Waals surface area (Å²) in [5.41, 5.74) is 5.07. The van der Waals surface area contributed by atoms with Crippen LogP contribution in [-0.2, 0) is 6.18 Å². The van der Waals surface area contributed by atoms with Gasteiger partial charge in [-0.05, 0) is 55.7 Å². The van der Waals surface area contributed by atoms with E-state index in [9.17, 15) is 18.0 Å². The Morgan fingerprint density at radius 2 is 1.86 bits per heavy atom. The van der Waals surface area contributed by atoms with E-state index in [1.165, 1.54) is 12.5 Å². The van der Waals surface area contributed by atoms with Crippen LogP contribution in [0.5, 0.6) is 0 Å². The van der Waals surface area contributed by atoms with Gasteiger partial charge in [-0.3, -0.25) is 10.2 Å². The number of rotatable bonds is 3. The van der Waals surface area contributed by atoms with Crippen LogP contribution in [0.15, 0.2) is 36.4 Å². The molecule has 0 unspecified atom stereocenters. The summed E-state index contributed by atoms with van der Waals surface area (Å²) in [5, 5.41) is 1.94. The zero-order chi connectivity index (χ0) is 20.6. The van der Waals surface area contributed by atoms with Gasteiger partial charge in [-0.25, -0.2) is 9.99 Å². The second-order valence-electron chi connectivity index (χ2n) is 7.33. The molecule has 4 rings (SSSR count). The van der Waals surface area contributed by atoms with Gasteiger partial charge in [0, 0.05) is 24.2 Å². The molecule has 1 aliphatic rings. The molecule has 0 aliphatic carbocycles. The zero-order valence-corrected chi connectivity index (χ0v) is 15.9. The SMILES string of the molecule is Cc1cc(C(=O)NN2CCCCC2)ccc1-c1nc2ccc(C(F)(F)F)cc2[nH]1. The second-order valence-corrected chi connectivity index (χ2v) is 7.33. The van der Waals surface area contributed by atoms with Crippen LogP contribution in [0, 0.1) is 6.92 Å². The normalized spacial score (nSPS) is 15.6. The molecular weight excluding hydrogens is 381 g/mol. The summed E-state index contributed by atoms with van der Waals surface area (Å²) >= 11 is 0. The number of imidazole rings is 1. The Bertz CT molecular complexity index is 1050. The third kappa shape index (κ3) is 4.12. The summed E-state index contributed by atoms with van der Waals surface area (Å²) in [6.07, 6.45) is -1.08. The number of carbonyl (C=O) groups excluding carboxylic acids is 1. The van der Waals surface area contributed by atoms with Crippen LogP contribution < -0.4 is 5.43 Å². The minimum absolute atomic E-state index is 0.166. The lowest BCUT2D eigenvalue weighted by molar-refractivity contribution is -0.137. The van der Waals surface area contributed by atoms with Gasteiger partial charge in [0.1, 0.15) is 5.82 Å². The van der Waals surface area contributed by atoms with Gasteiger partial charge in [0.15, 0.2) is 0 Å². The van der Waals surface area contributed by atoms with Crippen molar-refractivity contribution >= 4 is 16.9 Å². The summed E-state index contributed by atoms with van der Waals surface area (Å²) in [6.45, 7) is 3.55. The van der Waals surface area contributed by atoms with Crippen molar-refractivity contribution in [2.45, 2.75) is 32.4 Å². The van der Waals surface area contributed by atoms with E-state index in [0.29, 0.717) is 22.4 Å². The quantitative estimate of drug-likeness (QED) is 0.668. The fourth-order valence-corrected chi connectivity index (χ4v) is 3.60. The molecule has 2 N–H and O–H groups in total. The van der Waals surface area contributed by atoms with E-state index < -0.39 is 11.7 Å². The molecule has 8 heteroatoms. The third-order valence-corrected chi connectivity index (χ3v) is 5.17. The van der Waals surface area contributed by atoms with Gasteiger partial charge in [-0.15, -0.1) is 0 Å². The predicted molar refractivity (Wildman–Crippen MR) is 104 cm³/mol. The molecule has 2 heterocycles. The molecule has 3 aromatic rings. The number of aryl methyl sites for hydroxylation is 1. The number of aromatic nitrogens is 2. The summed E-state index contributed by atoms with van der Waals surface area (Å²) in [4.78, 5) is 19.9. The van der Waals surface area contributed by atoms with E-state index in [2.05, 4.69) is 15.4 Å². The summed E-state index contributed by atoms with van der Waals surface area (Å²) in [6, 6.07) is 8.67. The monoisotopic (exact) mass is 402 g/mol. The highest BCUT2D eigenvalue weighted by atomic mass is 19.4. The van der Waals surface area contributed by atoms with Crippen LogP contribution in [0.1, 0.15) is 40.7 Å². The van der Waals surface area contributed by atoms with Crippen molar-refractivity contribution < 1.29 is 18.0 Å². The first kappa shape index (κ1) is 19.4. The highest BCUT2D eigenvalue weighted by Crippen LogP contribution is 2.32. The Kier molecular flexibility index (Phi) is 5.04. The minimum Gasteiger partial charge on any atom is -0.338 e. The molecular formula is C21H21F3N4O. The number of halogens is 3. The maximum absolute atomic E-state index is 12.9. The van der Waals surface area contributed by atoms with Gasteiger partial charge in [0.2, 0.25) is 0 Å². The van der Waals surface area contributed by atoms with Crippen molar-refractivity contribution in [2.24, 2.45) is 0 Å². The molecule has 0 spiro atoms. The van der Waals surface area contributed by atoms with Gasteiger partial charge >= 0.3 is 6.18 Å². The first-order valence-corrected chi connectivity index (χ1v) is 9.55. The average Bonchev–Trinajstić information content (AvgIpc) is 3.11. The first-order chi connectivity index (χ1) is 13.8. The number of hydrogen-bond donors (Lipinski definition) is 2. The van der Waals surface area contributed by atoms with Gasteiger partial charge in [0.25, 0.3) is 5.91 Å². The number of piperidine rings is 1. The van der Waals surface area contributed by atoms with Gasteiger partial charge in [-0.1, -0.05) is 12.5 Å². The molecule has 1 fully saturated rings. The molecule has 0 atom stereocenters. The second kappa shape index (κ2) is 7.51. The molecule has 0 radical (unpaired) electrons. The molecule has 152 valence electrons. The Morgan fingerprint density at radius 1 is 1.10 bits per heavy atom. The van der Waals surface area contributed by atoms with Crippen molar-refractivity contribution in [2.75, 3.05) is 13.1 Å². The Labute approximate surface area is 165 Å². The molecule has 2 aromatic carbocycles. The van der Waals surface area contributed by atoms with Crippen LogP contribution >= 0.6 is 0 Å². The van der Waals surface area contributed by atoms with Crippen LogP contribution in [0.25, 0.3) is 22.4 Å². The number of carbonyl (C=O) groups is 1. The van der Waals surface area contributed by atoms with Crippen molar-refractivity contribution in [3.63, 3.8) is 0 Å². The number of hydrogen-bond acceptors (Lipinski definition) is 3. The molecule has 1 saturated heterocycles. The predicted octanol–water partition coefficient (Wildman–Crippen LogP) is 4.69. The van der Waals surface area contributed by atoms with Gasteiger partial charge < -0.3 is 4.98 Å². The van der Waals surface area contributed by atoms with Crippen LogP contribution in [-0.4, -0.2) is 34.0 Å². The standard InChI is InChI=1S/C21H21F3N4O/c1-13-11-14(20(29)27-28-9-3-2-4-10-28)5-7-16(13)19-25-17-8-6-15(21(22,23)24)12-18(17)26-19/h5-8,11-12H,2-4,9-10H2,1H3,(H,25,26)(H,27,29). The van der Waals surface area contributed by atoms with E-state index in [0.717, 1.165) is 49.2 Å². The largest absolute Gasteiger partial charge is 0.416 e. The molecule has 5 nitrogen and oxygen atoms in total. The number of amides is 1. The summed E-state index contributed by atoms with van der Waals surface area (Å²) in [7, 11) is 0. The molecule has 1 aliphatic heterocycles. The molecule has 1 amide bonds.